The summed E-state index contributed by atoms with van der Waals surface area (Å²) < 4.78 is 0. The van der Waals surface area contributed by atoms with E-state index in [-0.39, 0.29) is 23.7 Å². The molecule has 0 radical (unpaired) electrons. The third kappa shape index (κ3) is 2.44. The van der Waals surface area contributed by atoms with Gasteiger partial charge in [-0.3, -0.25) is 24.6 Å². The zero-order chi connectivity index (χ0) is 16.6. The van der Waals surface area contributed by atoms with Crippen molar-refractivity contribution < 1.29 is 14.5 Å². The van der Waals surface area contributed by atoms with Gasteiger partial charge in [-0.05, 0) is 18.0 Å². The van der Waals surface area contributed by atoms with Crippen LogP contribution in [0, 0.1) is 10.1 Å². The summed E-state index contributed by atoms with van der Waals surface area (Å²) in [5.74, 6) is -0.847. The standard InChI is InChI=1S/C16H15N3O4/c1-2-17-6-7-18-15(20)12-5-3-4-10-8-11(19(22)23)9-13(14(10)12)16(18)21/h3-5,8-9,17H,2,6-7H2,1H3. The van der Waals surface area contributed by atoms with Crippen LogP contribution in [0.15, 0.2) is 30.3 Å². The smallest absolute Gasteiger partial charge is 0.270 e. The van der Waals surface area contributed by atoms with E-state index in [0.29, 0.717) is 22.9 Å². The van der Waals surface area contributed by atoms with Gasteiger partial charge in [0.25, 0.3) is 17.5 Å². The third-order valence-electron chi connectivity index (χ3n) is 3.89. The predicted octanol–water partition coefficient (Wildman–Crippen LogP) is 1.95. The van der Waals surface area contributed by atoms with Crippen LogP contribution >= 0.6 is 0 Å². The Morgan fingerprint density at radius 1 is 1.17 bits per heavy atom. The lowest BCUT2D eigenvalue weighted by molar-refractivity contribution is -0.384. The van der Waals surface area contributed by atoms with Gasteiger partial charge in [0.2, 0.25) is 0 Å². The number of hydrogen-bond acceptors (Lipinski definition) is 5. The molecule has 0 aliphatic carbocycles. The fraction of sp³-hybridized carbons (Fsp3) is 0.250. The van der Waals surface area contributed by atoms with Crippen molar-refractivity contribution in [1.29, 1.82) is 0 Å². The van der Waals surface area contributed by atoms with Crippen molar-refractivity contribution in [3.05, 3.63) is 51.6 Å². The van der Waals surface area contributed by atoms with E-state index >= 15 is 0 Å². The first-order chi connectivity index (χ1) is 11.0. The number of imide groups is 1. The van der Waals surface area contributed by atoms with Gasteiger partial charge in [-0.2, -0.15) is 0 Å². The second-order valence-corrected chi connectivity index (χ2v) is 5.27. The molecule has 1 aliphatic heterocycles. The van der Waals surface area contributed by atoms with Crippen LogP contribution < -0.4 is 5.32 Å². The van der Waals surface area contributed by atoms with Gasteiger partial charge in [0, 0.05) is 36.2 Å². The molecule has 2 aromatic carbocycles. The highest BCUT2D eigenvalue weighted by molar-refractivity contribution is 6.25. The largest absolute Gasteiger partial charge is 0.315 e. The fourth-order valence-corrected chi connectivity index (χ4v) is 2.82. The topological polar surface area (TPSA) is 92.6 Å². The normalized spacial score (nSPS) is 13.7. The number of amides is 2. The molecular weight excluding hydrogens is 298 g/mol. The Morgan fingerprint density at radius 3 is 2.61 bits per heavy atom. The van der Waals surface area contributed by atoms with Crippen LogP contribution in [-0.4, -0.2) is 41.3 Å². The van der Waals surface area contributed by atoms with E-state index in [2.05, 4.69) is 5.32 Å². The highest BCUT2D eigenvalue weighted by atomic mass is 16.6. The molecule has 2 amide bonds. The van der Waals surface area contributed by atoms with Crippen LogP contribution in [0.25, 0.3) is 10.8 Å². The van der Waals surface area contributed by atoms with E-state index in [1.54, 1.807) is 18.2 Å². The molecule has 0 atom stereocenters. The van der Waals surface area contributed by atoms with Crippen molar-refractivity contribution in [2.45, 2.75) is 6.92 Å². The molecule has 1 N–H and O–H groups in total. The SMILES string of the molecule is CCNCCN1C(=O)c2cccc3cc([N+](=O)[O-])cc(c23)C1=O. The maximum Gasteiger partial charge on any atom is 0.270 e. The second kappa shape index (κ2) is 5.77. The zero-order valence-electron chi connectivity index (χ0n) is 12.5. The van der Waals surface area contributed by atoms with Gasteiger partial charge in [0.1, 0.15) is 0 Å². The molecule has 3 rings (SSSR count). The summed E-state index contributed by atoms with van der Waals surface area (Å²) in [4.78, 5) is 36.9. The van der Waals surface area contributed by atoms with Crippen molar-refractivity contribution in [2.24, 2.45) is 0 Å². The summed E-state index contributed by atoms with van der Waals surface area (Å²) in [5.41, 5.74) is 0.461. The van der Waals surface area contributed by atoms with E-state index in [9.17, 15) is 19.7 Å². The lowest BCUT2D eigenvalue weighted by atomic mass is 9.93. The summed E-state index contributed by atoms with van der Waals surface area (Å²) in [6.45, 7) is 3.37. The Kier molecular flexibility index (Phi) is 3.79. The number of nitro benzene ring substituents is 1. The van der Waals surface area contributed by atoms with E-state index in [4.69, 9.17) is 0 Å². The highest BCUT2D eigenvalue weighted by Crippen LogP contribution is 2.33. The first kappa shape index (κ1) is 15.1. The maximum atomic E-state index is 12.6. The molecule has 0 fully saturated rings. The van der Waals surface area contributed by atoms with E-state index in [0.717, 1.165) is 11.4 Å². The van der Waals surface area contributed by atoms with Crippen LogP contribution in [0.1, 0.15) is 27.6 Å². The molecule has 118 valence electrons. The average Bonchev–Trinajstić information content (AvgIpc) is 2.55. The average molecular weight is 313 g/mol. The monoisotopic (exact) mass is 313 g/mol. The van der Waals surface area contributed by atoms with Gasteiger partial charge in [-0.1, -0.05) is 19.1 Å². The molecule has 0 bridgehead atoms. The molecule has 23 heavy (non-hydrogen) atoms. The Bertz CT molecular complexity index is 831. The minimum Gasteiger partial charge on any atom is -0.315 e. The maximum absolute atomic E-state index is 12.6. The van der Waals surface area contributed by atoms with Crippen LogP contribution in [0.4, 0.5) is 5.69 Å². The van der Waals surface area contributed by atoms with E-state index in [1.165, 1.54) is 12.1 Å². The highest BCUT2D eigenvalue weighted by Gasteiger charge is 2.33. The quantitative estimate of drug-likeness (QED) is 0.394. The van der Waals surface area contributed by atoms with Gasteiger partial charge >= 0.3 is 0 Å². The zero-order valence-corrected chi connectivity index (χ0v) is 12.5. The molecule has 7 nitrogen and oxygen atoms in total. The number of nitrogens with one attached hydrogen (secondary N) is 1. The summed E-state index contributed by atoms with van der Waals surface area (Å²) >= 11 is 0. The Labute approximate surface area is 132 Å². The van der Waals surface area contributed by atoms with Crippen LogP contribution in [0.3, 0.4) is 0 Å². The Hall–Kier alpha value is -2.80. The fourth-order valence-electron chi connectivity index (χ4n) is 2.82. The molecule has 0 unspecified atom stereocenters. The van der Waals surface area contributed by atoms with Crippen LogP contribution in [0.5, 0.6) is 0 Å². The minimum atomic E-state index is -0.532. The van der Waals surface area contributed by atoms with Gasteiger partial charge in [-0.15, -0.1) is 0 Å². The van der Waals surface area contributed by atoms with E-state index < -0.39 is 10.8 Å². The molecule has 0 saturated carbocycles. The van der Waals surface area contributed by atoms with Crippen LogP contribution in [0.2, 0.25) is 0 Å². The number of benzene rings is 2. The van der Waals surface area contributed by atoms with Crippen molar-refractivity contribution in [2.75, 3.05) is 19.6 Å². The molecule has 0 saturated heterocycles. The first-order valence-electron chi connectivity index (χ1n) is 7.32. The molecule has 1 aliphatic rings. The summed E-state index contributed by atoms with van der Waals surface area (Å²) in [6, 6.07) is 7.62. The summed E-state index contributed by atoms with van der Waals surface area (Å²) in [6.07, 6.45) is 0. The minimum absolute atomic E-state index is 0.154. The lowest BCUT2D eigenvalue weighted by Gasteiger charge is -2.27. The Morgan fingerprint density at radius 2 is 1.91 bits per heavy atom. The van der Waals surface area contributed by atoms with Crippen molar-refractivity contribution in [3.63, 3.8) is 0 Å². The number of nitrogens with zero attached hydrogens (tertiary/aromatic N) is 2. The molecule has 0 spiro atoms. The second-order valence-electron chi connectivity index (χ2n) is 5.27. The van der Waals surface area contributed by atoms with E-state index in [1.807, 2.05) is 6.92 Å². The number of hydrogen-bond donors (Lipinski definition) is 1. The summed E-state index contributed by atoms with van der Waals surface area (Å²) in [5, 5.41) is 15.2. The molecule has 1 heterocycles. The molecular formula is C16H15N3O4. The number of rotatable bonds is 5. The number of carbonyl (C=O) groups is 2. The van der Waals surface area contributed by atoms with Gasteiger partial charge in [-0.25, -0.2) is 0 Å². The molecule has 0 aromatic heterocycles. The van der Waals surface area contributed by atoms with Crippen molar-refractivity contribution in [3.8, 4) is 0 Å². The predicted molar refractivity (Wildman–Crippen MR) is 84.5 cm³/mol. The van der Waals surface area contributed by atoms with Crippen molar-refractivity contribution in [1.82, 2.24) is 10.2 Å². The first-order valence-corrected chi connectivity index (χ1v) is 7.32. The molecule has 2 aromatic rings. The number of non-ortho nitro benzene ring substituents is 1. The van der Waals surface area contributed by atoms with Gasteiger partial charge in [0.15, 0.2) is 0 Å². The number of likely N-dealkylation sites (N-methyl/N-ethyl adjacent to an activating group) is 1. The summed E-state index contributed by atoms with van der Waals surface area (Å²) in [7, 11) is 0. The third-order valence-corrected chi connectivity index (χ3v) is 3.89. The van der Waals surface area contributed by atoms with Crippen LogP contribution in [-0.2, 0) is 0 Å². The molecule has 7 heteroatoms. The Balaban J connectivity index is 2.15. The number of nitro groups is 1. The van der Waals surface area contributed by atoms with Crippen molar-refractivity contribution >= 4 is 28.3 Å². The van der Waals surface area contributed by atoms with Gasteiger partial charge < -0.3 is 5.32 Å². The number of carbonyl (C=O) groups excluding carboxylic acids is 2. The lowest BCUT2D eigenvalue weighted by Crippen LogP contribution is -2.43. The van der Waals surface area contributed by atoms with Gasteiger partial charge in [0.05, 0.1) is 10.5 Å².